The van der Waals surface area contributed by atoms with Crippen molar-refractivity contribution in [3.63, 3.8) is 0 Å². The highest BCUT2D eigenvalue weighted by molar-refractivity contribution is 5.82. The minimum atomic E-state index is -0.0698. The molecule has 1 N–H and O–H groups in total. The van der Waals surface area contributed by atoms with Crippen LogP contribution in [0, 0.1) is 18.3 Å². The molecular formula is C21H23N3O. The molecule has 1 saturated heterocycles. The lowest BCUT2D eigenvalue weighted by Gasteiger charge is -2.24. The number of benzene rings is 2. The molecule has 2 aromatic rings. The van der Waals surface area contributed by atoms with Crippen molar-refractivity contribution in [1.29, 1.82) is 5.26 Å². The van der Waals surface area contributed by atoms with Crippen molar-refractivity contribution in [2.24, 2.45) is 0 Å². The molecule has 25 heavy (non-hydrogen) atoms. The van der Waals surface area contributed by atoms with Gasteiger partial charge in [-0.1, -0.05) is 36.4 Å². The van der Waals surface area contributed by atoms with E-state index in [1.54, 1.807) is 0 Å². The molecule has 0 aliphatic carbocycles. The van der Waals surface area contributed by atoms with Gasteiger partial charge in [-0.05, 0) is 55.1 Å². The Kier molecular flexibility index (Phi) is 5.47. The van der Waals surface area contributed by atoms with Crippen molar-refractivity contribution < 1.29 is 4.79 Å². The van der Waals surface area contributed by atoms with Crippen LogP contribution in [0.5, 0.6) is 0 Å². The maximum atomic E-state index is 12.6. The Morgan fingerprint density at radius 1 is 1.24 bits per heavy atom. The molecule has 0 saturated carbocycles. The highest BCUT2D eigenvalue weighted by Gasteiger charge is 2.30. The Bertz CT molecular complexity index is 776. The number of nitriles is 1. The summed E-state index contributed by atoms with van der Waals surface area (Å²) in [5, 5.41) is 12.0. The van der Waals surface area contributed by atoms with Gasteiger partial charge in [-0.3, -0.25) is 9.69 Å². The summed E-state index contributed by atoms with van der Waals surface area (Å²) >= 11 is 0. The largest absolute Gasteiger partial charge is 0.351 e. The highest BCUT2D eigenvalue weighted by Crippen LogP contribution is 2.21. The second-order valence-electron chi connectivity index (χ2n) is 6.58. The summed E-state index contributed by atoms with van der Waals surface area (Å²) in [6.45, 7) is 4.32. The summed E-state index contributed by atoms with van der Waals surface area (Å²) in [5.41, 5.74) is 4.16. The predicted octanol–water partition coefficient (Wildman–Crippen LogP) is 3.15. The Labute approximate surface area is 149 Å². The Balaban J connectivity index is 1.59. The number of likely N-dealkylation sites (tertiary alicyclic amines) is 1. The fraction of sp³-hybridized carbons (Fsp3) is 0.333. The average molecular weight is 333 g/mol. The molecule has 2 aromatic carbocycles. The van der Waals surface area contributed by atoms with Gasteiger partial charge in [0.2, 0.25) is 5.91 Å². The van der Waals surface area contributed by atoms with Crippen LogP contribution in [0.15, 0.2) is 48.5 Å². The average Bonchev–Trinajstić information content (AvgIpc) is 3.09. The molecule has 1 amide bonds. The number of nitrogens with one attached hydrogen (secondary N) is 1. The van der Waals surface area contributed by atoms with E-state index in [0.717, 1.165) is 37.1 Å². The van der Waals surface area contributed by atoms with E-state index in [0.29, 0.717) is 12.1 Å². The van der Waals surface area contributed by atoms with Gasteiger partial charge in [-0.2, -0.15) is 5.26 Å². The molecule has 4 heteroatoms. The molecule has 1 heterocycles. The summed E-state index contributed by atoms with van der Waals surface area (Å²) in [6, 6.07) is 17.8. The molecule has 4 nitrogen and oxygen atoms in total. The highest BCUT2D eigenvalue weighted by atomic mass is 16.2. The summed E-state index contributed by atoms with van der Waals surface area (Å²) in [5.74, 6) is 0.106. The monoisotopic (exact) mass is 333 g/mol. The van der Waals surface area contributed by atoms with Crippen molar-refractivity contribution in [2.45, 2.75) is 38.9 Å². The topological polar surface area (TPSA) is 56.1 Å². The van der Waals surface area contributed by atoms with Crippen molar-refractivity contribution >= 4 is 5.91 Å². The molecule has 0 unspecified atom stereocenters. The van der Waals surface area contributed by atoms with Gasteiger partial charge in [0.15, 0.2) is 0 Å². The van der Waals surface area contributed by atoms with E-state index in [2.05, 4.69) is 35.3 Å². The lowest BCUT2D eigenvalue weighted by molar-refractivity contribution is -0.125. The van der Waals surface area contributed by atoms with E-state index in [-0.39, 0.29) is 11.9 Å². The summed E-state index contributed by atoms with van der Waals surface area (Å²) in [4.78, 5) is 14.9. The van der Waals surface area contributed by atoms with E-state index >= 15 is 0 Å². The van der Waals surface area contributed by atoms with Crippen molar-refractivity contribution in [3.05, 3.63) is 70.8 Å². The van der Waals surface area contributed by atoms with Crippen molar-refractivity contribution in [1.82, 2.24) is 10.2 Å². The van der Waals surface area contributed by atoms with Crippen LogP contribution in [0.2, 0.25) is 0 Å². The van der Waals surface area contributed by atoms with Gasteiger partial charge in [0, 0.05) is 13.1 Å². The number of hydrogen-bond acceptors (Lipinski definition) is 3. The first-order valence-corrected chi connectivity index (χ1v) is 8.72. The minimum Gasteiger partial charge on any atom is -0.351 e. The second kappa shape index (κ2) is 7.96. The number of aryl methyl sites for hydroxylation is 1. The first-order valence-electron chi connectivity index (χ1n) is 8.72. The zero-order valence-electron chi connectivity index (χ0n) is 14.5. The van der Waals surface area contributed by atoms with Gasteiger partial charge >= 0.3 is 0 Å². The van der Waals surface area contributed by atoms with Gasteiger partial charge < -0.3 is 5.32 Å². The molecular weight excluding hydrogens is 310 g/mol. The lowest BCUT2D eigenvalue weighted by atomic mass is 10.1. The molecule has 3 rings (SSSR count). The zero-order valence-corrected chi connectivity index (χ0v) is 14.5. The number of nitrogens with zero attached hydrogens (tertiary/aromatic N) is 2. The Morgan fingerprint density at radius 2 is 2.00 bits per heavy atom. The summed E-state index contributed by atoms with van der Waals surface area (Å²) in [6.07, 6.45) is 1.94. The number of hydrogen-bond donors (Lipinski definition) is 1. The van der Waals surface area contributed by atoms with Crippen LogP contribution in [0.3, 0.4) is 0 Å². The zero-order chi connectivity index (χ0) is 17.6. The Hall–Kier alpha value is -2.64. The van der Waals surface area contributed by atoms with Gasteiger partial charge in [0.25, 0.3) is 0 Å². The van der Waals surface area contributed by atoms with Crippen LogP contribution in [0.4, 0.5) is 0 Å². The van der Waals surface area contributed by atoms with E-state index in [1.165, 1.54) is 5.56 Å². The summed E-state index contributed by atoms with van der Waals surface area (Å²) in [7, 11) is 0. The fourth-order valence-corrected chi connectivity index (χ4v) is 3.34. The normalized spacial score (nSPS) is 17.2. The van der Waals surface area contributed by atoms with E-state index in [4.69, 9.17) is 5.26 Å². The van der Waals surface area contributed by atoms with Gasteiger partial charge in [0.1, 0.15) is 0 Å². The fourth-order valence-electron chi connectivity index (χ4n) is 3.34. The lowest BCUT2D eigenvalue weighted by Crippen LogP contribution is -2.42. The molecule has 1 fully saturated rings. The van der Waals surface area contributed by atoms with Crippen molar-refractivity contribution in [3.8, 4) is 6.07 Å². The number of carbonyl (C=O) groups is 1. The molecule has 1 aliphatic rings. The number of carbonyl (C=O) groups excluding carboxylic acids is 1. The predicted molar refractivity (Wildman–Crippen MR) is 97.6 cm³/mol. The van der Waals surface area contributed by atoms with Crippen LogP contribution in [-0.4, -0.2) is 23.4 Å². The number of rotatable bonds is 5. The third kappa shape index (κ3) is 4.26. The third-order valence-electron chi connectivity index (χ3n) is 4.85. The standard InChI is InChI=1S/C21H23N3O/c1-16-5-2-3-6-19(16)14-23-21(25)20-7-4-12-24(20)15-18-10-8-17(13-22)9-11-18/h2-3,5-6,8-11,20H,4,7,12,14-15H2,1H3,(H,23,25)/t20-/m1/s1. The van der Waals surface area contributed by atoms with Gasteiger partial charge in [-0.25, -0.2) is 0 Å². The van der Waals surface area contributed by atoms with Crippen LogP contribution < -0.4 is 5.32 Å². The van der Waals surface area contributed by atoms with E-state index in [1.807, 2.05) is 36.4 Å². The smallest absolute Gasteiger partial charge is 0.237 e. The molecule has 0 spiro atoms. The van der Waals surface area contributed by atoms with Crippen LogP contribution in [0.1, 0.15) is 35.1 Å². The maximum Gasteiger partial charge on any atom is 0.237 e. The summed E-state index contributed by atoms with van der Waals surface area (Å²) < 4.78 is 0. The van der Waals surface area contributed by atoms with Gasteiger partial charge in [0.05, 0.1) is 17.7 Å². The second-order valence-corrected chi connectivity index (χ2v) is 6.58. The van der Waals surface area contributed by atoms with Crippen LogP contribution >= 0.6 is 0 Å². The Morgan fingerprint density at radius 3 is 2.72 bits per heavy atom. The minimum absolute atomic E-state index is 0.0698. The molecule has 0 radical (unpaired) electrons. The van der Waals surface area contributed by atoms with Crippen LogP contribution in [-0.2, 0) is 17.9 Å². The van der Waals surface area contributed by atoms with E-state index in [9.17, 15) is 4.79 Å². The quantitative estimate of drug-likeness (QED) is 0.914. The van der Waals surface area contributed by atoms with Gasteiger partial charge in [-0.15, -0.1) is 0 Å². The van der Waals surface area contributed by atoms with Crippen LogP contribution in [0.25, 0.3) is 0 Å². The van der Waals surface area contributed by atoms with E-state index < -0.39 is 0 Å². The molecule has 128 valence electrons. The molecule has 0 aromatic heterocycles. The maximum absolute atomic E-state index is 12.6. The first kappa shape index (κ1) is 17.2. The van der Waals surface area contributed by atoms with Crippen molar-refractivity contribution in [2.75, 3.05) is 6.54 Å². The molecule has 1 atom stereocenters. The first-order chi connectivity index (χ1) is 12.2. The SMILES string of the molecule is Cc1ccccc1CNC(=O)[C@H]1CCCN1Cc1ccc(C#N)cc1. The molecule has 1 aliphatic heterocycles. The third-order valence-corrected chi connectivity index (χ3v) is 4.85. The molecule has 0 bridgehead atoms. The number of amides is 1.